The summed E-state index contributed by atoms with van der Waals surface area (Å²) < 4.78 is 0. The molecule has 92 valence electrons. The third kappa shape index (κ3) is 2.36. The maximum absolute atomic E-state index is 12.1. The van der Waals surface area contributed by atoms with Crippen LogP contribution in [0.25, 0.3) is 0 Å². The molecule has 0 amide bonds. The third-order valence-corrected chi connectivity index (χ3v) is 3.48. The van der Waals surface area contributed by atoms with Gasteiger partial charge in [0.15, 0.2) is 11.6 Å². The molecule has 0 heterocycles. The summed E-state index contributed by atoms with van der Waals surface area (Å²) in [7, 11) is 0. The normalized spacial score (nSPS) is 23.1. The van der Waals surface area contributed by atoms with Gasteiger partial charge in [-0.2, -0.15) is 0 Å². The SMILES string of the molecule is CC(=O)C1(C#Cc2ccccc2)CCCCC1=O. The molecule has 0 bridgehead atoms. The molecule has 0 saturated heterocycles. The summed E-state index contributed by atoms with van der Waals surface area (Å²) in [5, 5.41) is 0. The molecule has 1 aliphatic rings. The summed E-state index contributed by atoms with van der Waals surface area (Å²) >= 11 is 0. The van der Waals surface area contributed by atoms with E-state index >= 15 is 0 Å². The summed E-state index contributed by atoms with van der Waals surface area (Å²) in [5.41, 5.74) is -0.204. The lowest BCUT2D eigenvalue weighted by molar-refractivity contribution is -0.137. The second kappa shape index (κ2) is 5.18. The van der Waals surface area contributed by atoms with E-state index < -0.39 is 5.41 Å². The Kier molecular flexibility index (Phi) is 3.62. The van der Waals surface area contributed by atoms with Crippen molar-refractivity contribution >= 4 is 11.6 Å². The highest BCUT2D eigenvalue weighted by Gasteiger charge is 2.42. The van der Waals surface area contributed by atoms with Gasteiger partial charge in [-0.15, -0.1) is 0 Å². The van der Waals surface area contributed by atoms with Gasteiger partial charge in [0.2, 0.25) is 0 Å². The Balaban J connectivity index is 2.35. The van der Waals surface area contributed by atoms with E-state index in [-0.39, 0.29) is 11.6 Å². The molecule has 0 radical (unpaired) electrons. The van der Waals surface area contributed by atoms with Crippen molar-refractivity contribution in [3.05, 3.63) is 35.9 Å². The van der Waals surface area contributed by atoms with E-state index in [1.807, 2.05) is 30.3 Å². The lowest BCUT2D eigenvalue weighted by Crippen LogP contribution is -2.39. The molecule has 0 aliphatic heterocycles. The Bertz CT molecular complexity index is 519. The van der Waals surface area contributed by atoms with Crippen molar-refractivity contribution in [1.29, 1.82) is 0 Å². The molecular weight excluding hydrogens is 224 g/mol. The van der Waals surface area contributed by atoms with Gasteiger partial charge in [0.25, 0.3) is 0 Å². The van der Waals surface area contributed by atoms with Crippen LogP contribution in [0.5, 0.6) is 0 Å². The number of benzene rings is 1. The van der Waals surface area contributed by atoms with E-state index in [1.165, 1.54) is 6.92 Å². The number of ketones is 2. The predicted molar refractivity (Wildman–Crippen MR) is 69.9 cm³/mol. The van der Waals surface area contributed by atoms with Crippen molar-refractivity contribution in [2.45, 2.75) is 32.6 Å². The van der Waals surface area contributed by atoms with Crippen molar-refractivity contribution in [3.63, 3.8) is 0 Å². The van der Waals surface area contributed by atoms with Gasteiger partial charge in [-0.05, 0) is 31.9 Å². The molecule has 1 aromatic carbocycles. The molecule has 2 heteroatoms. The Hall–Kier alpha value is -1.88. The smallest absolute Gasteiger partial charge is 0.158 e. The summed E-state index contributed by atoms with van der Waals surface area (Å²) in [5.74, 6) is 5.80. The van der Waals surface area contributed by atoms with Crippen LogP contribution in [0.3, 0.4) is 0 Å². The molecular formula is C16H16O2. The first-order chi connectivity index (χ1) is 8.65. The molecule has 2 rings (SSSR count). The van der Waals surface area contributed by atoms with E-state index in [2.05, 4.69) is 11.8 Å². The van der Waals surface area contributed by atoms with Gasteiger partial charge >= 0.3 is 0 Å². The number of carbonyl (C=O) groups is 2. The van der Waals surface area contributed by atoms with Crippen LogP contribution in [0.2, 0.25) is 0 Å². The van der Waals surface area contributed by atoms with Gasteiger partial charge in [0.1, 0.15) is 5.41 Å². The second-order valence-electron chi connectivity index (χ2n) is 4.71. The molecule has 18 heavy (non-hydrogen) atoms. The first-order valence-electron chi connectivity index (χ1n) is 6.28. The van der Waals surface area contributed by atoms with E-state index in [0.29, 0.717) is 12.8 Å². The van der Waals surface area contributed by atoms with Crippen LogP contribution in [-0.4, -0.2) is 11.6 Å². The Morgan fingerprint density at radius 1 is 1.22 bits per heavy atom. The average Bonchev–Trinajstić information content (AvgIpc) is 2.39. The van der Waals surface area contributed by atoms with E-state index in [0.717, 1.165) is 18.4 Å². The van der Waals surface area contributed by atoms with Crippen molar-refractivity contribution in [3.8, 4) is 11.8 Å². The maximum atomic E-state index is 12.1. The lowest BCUT2D eigenvalue weighted by atomic mass is 9.71. The van der Waals surface area contributed by atoms with Crippen LogP contribution < -0.4 is 0 Å². The first kappa shape index (κ1) is 12.6. The Labute approximate surface area is 107 Å². The summed E-state index contributed by atoms with van der Waals surface area (Å²) in [4.78, 5) is 23.9. The standard InChI is InChI=1S/C16H16O2/c1-13(17)16(11-6-5-9-15(16)18)12-10-14-7-3-2-4-8-14/h2-4,7-8H,5-6,9,11H2,1H3. The maximum Gasteiger partial charge on any atom is 0.158 e. The minimum absolute atomic E-state index is 0.00955. The van der Waals surface area contributed by atoms with Crippen molar-refractivity contribution in [1.82, 2.24) is 0 Å². The number of carbonyl (C=O) groups excluding carboxylic acids is 2. The minimum Gasteiger partial charge on any atom is -0.298 e. The zero-order valence-electron chi connectivity index (χ0n) is 10.5. The molecule has 1 aromatic rings. The lowest BCUT2D eigenvalue weighted by Gasteiger charge is -2.28. The van der Waals surface area contributed by atoms with Crippen LogP contribution in [0.4, 0.5) is 0 Å². The van der Waals surface area contributed by atoms with Gasteiger partial charge in [-0.3, -0.25) is 9.59 Å². The molecule has 1 saturated carbocycles. The molecule has 1 atom stereocenters. The van der Waals surface area contributed by atoms with Crippen LogP contribution in [0.1, 0.15) is 38.2 Å². The largest absolute Gasteiger partial charge is 0.298 e. The molecule has 1 aliphatic carbocycles. The molecule has 0 spiro atoms. The van der Waals surface area contributed by atoms with Gasteiger partial charge in [-0.25, -0.2) is 0 Å². The van der Waals surface area contributed by atoms with Gasteiger partial charge in [-0.1, -0.05) is 36.5 Å². The monoisotopic (exact) mass is 240 g/mol. The third-order valence-electron chi connectivity index (χ3n) is 3.48. The molecule has 0 aromatic heterocycles. The first-order valence-corrected chi connectivity index (χ1v) is 6.28. The highest BCUT2D eigenvalue weighted by Crippen LogP contribution is 2.33. The quantitative estimate of drug-likeness (QED) is 0.558. The van der Waals surface area contributed by atoms with Crippen LogP contribution in [-0.2, 0) is 9.59 Å². The Morgan fingerprint density at radius 3 is 2.56 bits per heavy atom. The summed E-state index contributed by atoms with van der Waals surface area (Å²) in [6.45, 7) is 1.48. The number of rotatable bonds is 1. The molecule has 1 unspecified atom stereocenters. The second-order valence-corrected chi connectivity index (χ2v) is 4.71. The van der Waals surface area contributed by atoms with Crippen molar-refractivity contribution in [2.24, 2.45) is 5.41 Å². The summed E-state index contributed by atoms with van der Waals surface area (Å²) in [6.07, 6.45) is 2.82. The number of hydrogen-bond acceptors (Lipinski definition) is 2. The molecule has 1 fully saturated rings. The van der Waals surface area contributed by atoms with E-state index in [4.69, 9.17) is 0 Å². The van der Waals surface area contributed by atoms with E-state index in [9.17, 15) is 9.59 Å². The van der Waals surface area contributed by atoms with Gasteiger partial charge in [0, 0.05) is 12.0 Å². The topological polar surface area (TPSA) is 34.1 Å². The number of hydrogen-bond donors (Lipinski definition) is 0. The Morgan fingerprint density at radius 2 is 1.94 bits per heavy atom. The average molecular weight is 240 g/mol. The van der Waals surface area contributed by atoms with Crippen molar-refractivity contribution < 1.29 is 9.59 Å². The van der Waals surface area contributed by atoms with Gasteiger partial charge < -0.3 is 0 Å². The number of Topliss-reactive ketones (excluding diaryl/α,β-unsaturated/α-hetero) is 2. The minimum atomic E-state index is -1.05. The zero-order chi connectivity index (χ0) is 13.0. The van der Waals surface area contributed by atoms with Gasteiger partial charge in [0.05, 0.1) is 0 Å². The summed E-state index contributed by atoms with van der Waals surface area (Å²) in [6, 6.07) is 9.47. The van der Waals surface area contributed by atoms with Crippen LogP contribution in [0, 0.1) is 17.3 Å². The fraction of sp³-hybridized carbons (Fsp3) is 0.375. The molecule has 2 nitrogen and oxygen atoms in total. The van der Waals surface area contributed by atoms with Crippen molar-refractivity contribution in [2.75, 3.05) is 0 Å². The fourth-order valence-corrected chi connectivity index (χ4v) is 2.32. The molecule has 0 N–H and O–H groups in total. The fourth-order valence-electron chi connectivity index (χ4n) is 2.32. The zero-order valence-corrected chi connectivity index (χ0v) is 10.5. The van der Waals surface area contributed by atoms with Crippen LogP contribution in [0.15, 0.2) is 30.3 Å². The highest BCUT2D eigenvalue weighted by molar-refractivity contribution is 6.09. The van der Waals surface area contributed by atoms with Crippen LogP contribution >= 0.6 is 0 Å². The highest BCUT2D eigenvalue weighted by atomic mass is 16.2. The predicted octanol–water partition coefficient (Wildman–Crippen LogP) is 2.76. The van der Waals surface area contributed by atoms with E-state index in [1.54, 1.807) is 0 Å².